The third-order valence-electron chi connectivity index (χ3n) is 8.00. The smallest absolute Gasteiger partial charge is 0.343 e. The summed E-state index contributed by atoms with van der Waals surface area (Å²) in [5, 5.41) is 0. The van der Waals surface area contributed by atoms with Crippen LogP contribution in [-0.4, -0.2) is 19.2 Å². The van der Waals surface area contributed by atoms with Crippen molar-refractivity contribution in [3.8, 4) is 17.2 Å². The molecule has 0 radical (unpaired) electrons. The molecule has 3 rings (SSSR count). The van der Waals surface area contributed by atoms with Crippen molar-refractivity contribution in [2.75, 3.05) is 13.2 Å². The molecule has 0 N–H and O–H groups in total. The fraction of sp³-hybridized carbons (Fsp3) is 0.583. The van der Waals surface area contributed by atoms with Gasteiger partial charge in [0.2, 0.25) is 0 Å². The van der Waals surface area contributed by atoms with E-state index in [1.807, 2.05) is 24.3 Å². The maximum atomic E-state index is 12.6. The Balaban J connectivity index is 1.29. The number of hydrogen-bond acceptors (Lipinski definition) is 4. The molecule has 4 nitrogen and oxygen atoms in total. The van der Waals surface area contributed by atoms with E-state index in [2.05, 4.69) is 26.0 Å². The van der Waals surface area contributed by atoms with Crippen LogP contribution < -0.4 is 14.2 Å². The van der Waals surface area contributed by atoms with Gasteiger partial charge in [0, 0.05) is 0 Å². The fourth-order valence-electron chi connectivity index (χ4n) is 5.45. The molecule has 0 heterocycles. The number of hydrogen-bond donors (Lipinski definition) is 0. The van der Waals surface area contributed by atoms with Gasteiger partial charge in [0.15, 0.2) is 0 Å². The summed E-state index contributed by atoms with van der Waals surface area (Å²) in [6.07, 6.45) is 24.2. The first-order valence-electron chi connectivity index (χ1n) is 16.0. The number of esters is 1. The molecule has 1 aliphatic carbocycles. The molecular weight excluding hydrogens is 496 g/mol. The molecule has 2 aromatic carbocycles. The van der Waals surface area contributed by atoms with Gasteiger partial charge in [0.05, 0.1) is 12.2 Å². The lowest BCUT2D eigenvalue weighted by atomic mass is 9.79. The molecule has 0 unspecified atom stereocenters. The Bertz CT molecular complexity index is 955. The van der Waals surface area contributed by atoms with Gasteiger partial charge >= 0.3 is 5.97 Å². The van der Waals surface area contributed by atoms with Crippen LogP contribution in [0.2, 0.25) is 0 Å². The Hall–Kier alpha value is -2.75. The van der Waals surface area contributed by atoms with Crippen molar-refractivity contribution in [1.29, 1.82) is 0 Å². The maximum Gasteiger partial charge on any atom is 0.343 e. The van der Waals surface area contributed by atoms with E-state index in [1.54, 1.807) is 24.3 Å². The summed E-state index contributed by atoms with van der Waals surface area (Å²) in [5.74, 6) is 3.31. The molecule has 0 spiro atoms. The molecule has 1 fully saturated rings. The monoisotopic (exact) mass is 548 g/mol. The molecule has 0 saturated heterocycles. The van der Waals surface area contributed by atoms with Gasteiger partial charge in [-0.2, -0.15) is 0 Å². The zero-order valence-corrected chi connectivity index (χ0v) is 25.1. The van der Waals surface area contributed by atoms with E-state index in [1.165, 1.54) is 89.9 Å². The summed E-state index contributed by atoms with van der Waals surface area (Å²) >= 11 is 0. The number of benzene rings is 2. The Morgan fingerprint density at radius 1 is 0.700 bits per heavy atom. The molecule has 4 heteroatoms. The van der Waals surface area contributed by atoms with Crippen LogP contribution in [0.1, 0.15) is 121 Å². The lowest BCUT2D eigenvalue weighted by Crippen LogP contribution is -2.13. The van der Waals surface area contributed by atoms with Crippen LogP contribution in [0.25, 0.3) is 0 Å². The highest BCUT2D eigenvalue weighted by Crippen LogP contribution is 2.32. The molecule has 220 valence electrons. The summed E-state index contributed by atoms with van der Waals surface area (Å²) < 4.78 is 17.2. The minimum Gasteiger partial charge on any atom is -0.494 e. The summed E-state index contributed by atoms with van der Waals surface area (Å²) in [6, 6.07) is 14.4. The number of unbranched alkanes of at least 4 members (excludes halogenated alkanes) is 8. The second-order valence-electron chi connectivity index (χ2n) is 11.4. The van der Waals surface area contributed by atoms with E-state index in [4.69, 9.17) is 14.2 Å². The molecule has 1 aliphatic rings. The molecule has 40 heavy (non-hydrogen) atoms. The highest BCUT2D eigenvalue weighted by Gasteiger charge is 2.18. The topological polar surface area (TPSA) is 44.8 Å². The zero-order valence-electron chi connectivity index (χ0n) is 25.1. The van der Waals surface area contributed by atoms with Crippen molar-refractivity contribution in [3.63, 3.8) is 0 Å². The number of carbonyl (C=O) groups excluding carboxylic acids is 1. The molecule has 0 amide bonds. The number of allylic oxidation sites excluding steroid dienone is 1. The van der Waals surface area contributed by atoms with Crippen molar-refractivity contribution in [3.05, 3.63) is 66.2 Å². The highest BCUT2D eigenvalue weighted by molar-refractivity contribution is 5.91. The van der Waals surface area contributed by atoms with Gasteiger partial charge in [0.1, 0.15) is 23.9 Å². The number of rotatable bonds is 19. The van der Waals surface area contributed by atoms with Crippen LogP contribution in [0.4, 0.5) is 0 Å². The van der Waals surface area contributed by atoms with E-state index in [0.717, 1.165) is 23.8 Å². The number of ether oxygens (including phenoxy) is 3. The van der Waals surface area contributed by atoms with Crippen molar-refractivity contribution in [1.82, 2.24) is 0 Å². The summed E-state index contributed by atoms with van der Waals surface area (Å²) in [6.45, 7) is 5.79. The van der Waals surface area contributed by atoms with E-state index < -0.39 is 0 Å². The fourth-order valence-corrected chi connectivity index (χ4v) is 5.45. The predicted octanol–water partition coefficient (Wildman–Crippen LogP) is 10.4. The average molecular weight is 549 g/mol. The Morgan fingerprint density at radius 2 is 1.27 bits per heavy atom. The average Bonchev–Trinajstić information content (AvgIpc) is 2.98. The van der Waals surface area contributed by atoms with Crippen molar-refractivity contribution < 1.29 is 19.0 Å². The number of carbonyl (C=O) groups is 1. The van der Waals surface area contributed by atoms with Crippen molar-refractivity contribution in [2.45, 2.75) is 110 Å². The second kappa shape index (κ2) is 19.3. The normalized spacial score (nSPS) is 17.1. The van der Waals surface area contributed by atoms with Crippen molar-refractivity contribution in [2.24, 2.45) is 11.8 Å². The molecule has 0 aromatic heterocycles. The van der Waals surface area contributed by atoms with Gasteiger partial charge in [-0.3, -0.25) is 0 Å². The van der Waals surface area contributed by atoms with E-state index in [-0.39, 0.29) is 5.97 Å². The second-order valence-corrected chi connectivity index (χ2v) is 11.4. The Morgan fingerprint density at radius 3 is 1.98 bits per heavy atom. The Labute approximate surface area is 243 Å². The van der Waals surface area contributed by atoms with Gasteiger partial charge in [-0.25, -0.2) is 4.79 Å². The third kappa shape index (κ3) is 12.6. The van der Waals surface area contributed by atoms with Crippen molar-refractivity contribution >= 4 is 5.97 Å². The van der Waals surface area contributed by atoms with Gasteiger partial charge in [-0.05, 0) is 92.5 Å². The minimum atomic E-state index is -0.379. The SMILES string of the molecule is CCCCCCCCCOc1ccc(C(=O)Oc2ccc(OC/C=C/[C@H]3CC[C@H](CCCCC)CC3)cc2)cc1. The van der Waals surface area contributed by atoms with Gasteiger partial charge in [-0.1, -0.05) is 90.2 Å². The first-order valence-corrected chi connectivity index (χ1v) is 16.0. The lowest BCUT2D eigenvalue weighted by molar-refractivity contribution is 0.0734. The Kier molecular flexibility index (Phi) is 15.4. The van der Waals surface area contributed by atoms with Gasteiger partial charge in [0.25, 0.3) is 0 Å². The molecule has 0 bridgehead atoms. The predicted molar refractivity (Wildman–Crippen MR) is 166 cm³/mol. The minimum absolute atomic E-state index is 0.379. The van der Waals surface area contributed by atoms with Gasteiger partial charge < -0.3 is 14.2 Å². The quantitative estimate of drug-likeness (QED) is 0.0758. The van der Waals surface area contributed by atoms with E-state index in [9.17, 15) is 4.79 Å². The van der Waals surface area contributed by atoms with Gasteiger partial charge in [-0.15, -0.1) is 0 Å². The van der Waals surface area contributed by atoms with Crippen LogP contribution >= 0.6 is 0 Å². The lowest BCUT2D eigenvalue weighted by Gasteiger charge is -2.26. The molecule has 1 saturated carbocycles. The van der Waals surface area contributed by atoms with Crippen LogP contribution in [-0.2, 0) is 0 Å². The maximum absolute atomic E-state index is 12.6. The largest absolute Gasteiger partial charge is 0.494 e. The molecule has 2 aromatic rings. The molecule has 0 aliphatic heterocycles. The summed E-state index contributed by atoms with van der Waals surface area (Å²) in [4.78, 5) is 12.6. The van der Waals surface area contributed by atoms with Crippen LogP contribution in [0.5, 0.6) is 17.2 Å². The summed E-state index contributed by atoms with van der Waals surface area (Å²) in [5.41, 5.74) is 0.503. The molecular formula is C36H52O4. The first kappa shape index (κ1) is 31.8. The standard InChI is InChI=1S/C36H52O4/c1-3-5-7-8-9-10-12-28-38-33-22-20-32(21-23-33)36(37)40-35-26-24-34(25-27-35)39-29-13-15-31-18-16-30(17-19-31)14-11-6-4-2/h13,15,20-27,30-31H,3-12,14,16-19,28-29H2,1-2H3/b15-13+/t30-,31-. The first-order chi connectivity index (χ1) is 19.7. The summed E-state index contributed by atoms with van der Waals surface area (Å²) in [7, 11) is 0. The van der Waals surface area contributed by atoms with Crippen LogP contribution in [0, 0.1) is 11.8 Å². The van der Waals surface area contributed by atoms with Crippen LogP contribution in [0.3, 0.4) is 0 Å². The zero-order chi connectivity index (χ0) is 28.3. The molecule has 0 atom stereocenters. The highest BCUT2D eigenvalue weighted by atomic mass is 16.5. The third-order valence-corrected chi connectivity index (χ3v) is 8.00. The van der Waals surface area contributed by atoms with Crippen LogP contribution in [0.15, 0.2) is 60.7 Å². The van der Waals surface area contributed by atoms with E-state index in [0.29, 0.717) is 30.4 Å². The van der Waals surface area contributed by atoms with E-state index >= 15 is 0 Å².